The van der Waals surface area contributed by atoms with Gasteiger partial charge in [-0.1, -0.05) is 0 Å². The van der Waals surface area contributed by atoms with Crippen LogP contribution in [0.3, 0.4) is 0 Å². The van der Waals surface area contributed by atoms with Crippen molar-refractivity contribution in [3.05, 3.63) is 51.9 Å². The molecule has 74 valence electrons. The number of hydrogen-bond acceptors (Lipinski definition) is 2. The van der Waals surface area contributed by atoms with Crippen LogP contribution in [0, 0.1) is 12.4 Å². The maximum absolute atomic E-state index is 12.7. The van der Waals surface area contributed by atoms with E-state index in [0.717, 1.165) is 16.3 Å². The molecular formula is C11H7FN2S. The Kier molecular flexibility index (Phi) is 2.75. The number of benzene rings is 1. The number of rotatable bonds is 2. The van der Waals surface area contributed by atoms with Crippen LogP contribution in [0.1, 0.15) is 5.01 Å². The maximum atomic E-state index is 12.7. The molecule has 0 aliphatic rings. The molecule has 0 fully saturated rings. The van der Waals surface area contributed by atoms with E-state index in [1.165, 1.54) is 23.5 Å². The summed E-state index contributed by atoms with van der Waals surface area (Å²) < 4.78 is 12.7. The van der Waals surface area contributed by atoms with Gasteiger partial charge in [0.15, 0.2) is 5.01 Å². The van der Waals surface area contributed by atoms with E-state index in [1.54, 1.807) is 12.1 Å². The molecule has 0 saturated carbocycles. The Morgan fingerprint density at radius 1 is 1.33 bits per heavy atom. The zero-order chi connectivity index (χ0) is 10.7. The van der Waals surface area contributed by atoms with Crippen molar-refractivity contribution >= 4 is 11.3 Å². The Bertz CT molecular complexity index is 496. The first-order valence-electron chi connectivity index (χ1n) is 4.33. The summed E-state index contributed by atoms with van der Waals surface area (Å²) in [5.74, 6) is -0.254. The van der Waals surface area contributed by atoms with Gasteiger partial charge in [-0.3, -0.25) is 0 Å². The van der Waals surface area contributed by atoms with Crippen LogP contribution in [0.2, 0.25) is 0 Å². The number of halogens is 1. The van der Waals surface area contributed by atoms with Crippen molar-refractivity contribution in [2.45, 2.75) is 6.54 Å². The van der Waals surface area contributed by atoms with Crippen LogP contribution < -0.4 is 0 Å². The average molecular weight is 218 g/mol. The fourth-order valence-electron chi connectivity index (χ4n) is 1.20. The molecule has 1 heterocycles. The lowest BCUT2D eigenvalue weighted by Crippen LogP contribution is -1.81. The van der Waals surface area contributed by atoms with Crippen LogP contribution in [0.25, 0.3) is 16.1 Å². The van der Waals surface area contributed by atoms with Crippen molar-refractivity contribution < 1.29 is 4.39 Å². The molecule has 0 spiro atoms. The molecule has 1 aromatic carbocycles. The minimum atomic E-state index is -0.254. The minimum Gasteiger partial charge on any atom is -0.309 e. The molecule has 0 aliphatic heterocycles. The standard InChI is InChI=1S/C11H7FN2S/c1-13-6-11-14-10(7-15-11)8-2-4-9(12)5-3-8/h2-5,7H,6H2. The summed E-state index contributed by atoms with van der Waals surface area (Å²) in [6.45, 7) is 7.04. The lowest BCUT2D eigenvalue weighted by molar-refractivity contribution is 0.628. The van der Waals surface area contributed by atoms with Crippen molar-refractivity contribution in [1.82, 2.24) is 4.98 Å². The second kappa shape index (κ2) is 4.20. The van der Waals surface area contributed by atoms with Crippen molar-refractivity contribution in [3.8, 4) is 11.3 Å². The highest BCUT2D eigenvalue weighted by Gasteiger charge is 2.05. The van der Waals surface area contributed by atoms with E-state index in [1.807, 2.05) is 5.38 Å². The molecule has 2 nitrogen and oxygen atoms in total. The monoisotopic (exact) mass is 218 g/mol. The van der Waals surface area contributed by atoms with E-state index in [9.17, 15) is 4.39 Å². The fourth-order valence-corrected chi connectivity index (χ4v) is 1.93. The first-order chi connectivity index (χ1) is 7.29. The fraction of sp³-hybridized carbons (Fsp3) is 0.0909. The van der Waals surface area contributed by atoms with Crippen LogP contribution in [0.15, 0.2) is 29.6 Å². The van der Waals surface area contributed by atoms with E-state index in [2.05, 4.69) is 9.83 Å². The highest BCUT2D eigenvalue weighted by atomic mass is 32.1. The van der Waals surface area contributed by atoms with Crippen LogP contribution in [-0.2, 0) is 6.54 Å². The second-order valence-electron chi connectivity index (χ2n) is 2.95. The first-order valence-corrected chi connectivity index (χ1v) is 5.21. The number of hydrogen-bond donors (Lipinski definition) is 0. The van der Waals surface area contributed by atoms with Crippen LogP contribution >= 0.6 is 11.3 Å². The Hall–Kier alpha value is -1.73. The van der Waals surface area contributed by atoms with E-state index in [0.29, 0.717) is 6.54 Å². The summed E-state index contributed by atoms with van der Waals surface area (Å²) in [5, 5.41) is 2.68. The highest BCUT2D eigenvalue weighted by molar-refractivity contribution is 7.09. The summed E-state index contributed by atoms with van der Waals surface area (Å²) in [6, 6.07) is 6.18. The maximum Gasteiger partial charge on any atom is 0.265 e. The van der Waals surface area contributed by atoms with Crippen LogP contribution in [-0.4, -0.2) is 4.98 Å². The normalized spacial score (nSPS) is 9.87. The molecule has 1 aromatic heterocycles. The molecule has 4 heteroatoms. The summed E-state index contributed by atoms with van der Waals surface area (Å²) in [4.78, 5) is 7.55. The van der Waals surface area contributed by atoms with E-state index >= 15 is 0 Å². The van der Waals surface area contributed by atoms with Crippen LogP contribution in [0.4, 0.5) is 4.39 Å². The van der Waals surface area contributed by atoms with Crippen molar-refractivity contribution in [3.63, 3.8) is 0 Å². The van der Waals surface area contributed by atoms with Gasteiger partial charge in [0.1, 0.15) is 5.82 Å². The molecule has 0 aliphatic carbocycles. The van der Waals surface area contributed by atoms with Gasteiger partial charge in [-0.2, -0.15) is 0 Å². The third-order valence-electron chi connectivity index (χ3n) is 1.91. The molecule has 0 bridgehead atoms. The van der Waals surface area contributed by atoms with Gasteiger partial charge in [-0.05, 0) is 24.3 Å². The number of nitrogens with zero attached hydrogens (tertiary/aromatic N) is 2. The topological polar surface area (TPSA) is 17.2 Å². The molecule has 0 radical (unpaired) electrons. The van der Waals surface area contributed by atoms with Crippen molar-refractivity contribution in [1.29, 1.82) is 0 Å². The Morgan fingerprint density at radius 3 is 2.73 bits per heavy atom. The zero-order valence-corrected chi connectivity index (χ0v) is 8.59. The molecule has 15 heavy (non-hydrogen) atoms. The molecule has 2 rings (SSSR count). The van der Waals surface area contributed by atoms with E-state index in [4.69, 9.17) is 6.57 Å². The summed E-state index contributed by atoms with van der Waals surface area (Å²) in [5.41, 5.74) is 1.68. The van der Waals surface area contributed by atoms with Gasteiger partial charge < -0.3 is 4.85 Å². The molecule has 0 N–H and O–H groups in total. The third-order valence-corrected chi connectivity index (χ3v) is 2.74. The van der Waals surface area contributed by atoms with E-state index in [-0.39, 0.29) is 5.82 Å². The first kappa shape index (κ1) is 9.81. The lowest BCUT2D eigenvalue weighted by Gasteiger charge is -1.94. The number of aromatic nitrogens is 1. The molecule has 2 aromatic rings. The van der Waals surface area contributed by atoms with Crippen molar-refractivity contribution in [2.75, 3.05) is 0 Å². The molecular weight excluding hydrogens is 211 g/mol. The lowest BCUT2D eigenvalue weighted by atomic mass is 10.2. The van der Waals surface area contributed by atoms with Gasteiger partial charge in [0.2, 0.25) is 0 Å². The van der Waals surface area contributed by atoms with Gasteiger partial charge >= 0.3 is 0 Å². The summed E-state index contributed by atoms with van der Waals surface area (Å²) in [6.07, 6.45) is 0. The average Bonchev–Trinajstić information content (AvgIpc) is 2.68. The third kappa shape index (κ3) is 2.20. The molecule has 0 saturated heterocycles. The van der Waals surface area contributed by atoms with Crippen LogP contribution in [0.5, 0.6) is 0 Å². The Morgan fingerprint density at radius 2 is 2.07 bits per heavy atom. The van der Waals surface area contributed by atoms with Gasteiger partial charge in [-0.25, -0.2) is 15.9 Å². The quantitative estimate of drug-likeness (QED) is 0.706. The predicted octanol–water partition coefficient (Wildman–Crippen LogP) is 3.37. The van der Waals surface area contributed by atoms with Gasteiger partial charge in [0.05, 0.1) is 5.69 Å². The van der Waals surface area contributed by atoms with Gasteiger partial charge in [0.25, 0.3) is 6.54 Å². The largest absolute Gasteiger partial charge is 0.309 e. The Balaban J connectivity index is 2.30. The summed E-state index contributed by atoms with van der Waals surface area (Å²) >= 11 is 1.45. The SMILES string of the molecule is [C-]#[N+]Cc1nc(-c2ccc(F)cc2)cs1. The highest BCUT2D eigenvalue weighted by Crippen LogP contribution is 2.22. The number of thiazole rings is 1. The molecule has 0 amide bonds. The zero-order valence-electron chi connectivity index (χ0n) is 7.77. The van der Waals surface area contributed by atoms with Gasteiger partial charge in [0, 0.05) is 10.9 Å². The second-order valence-corrected chi connectivity index (χ2v) is 3.89. The summed E-state index contributed by atoms with van der Waals surface area (Å²) in [7, 11) is 0. The van der Waals surface area contributed by atoms with E-state index < -0.39 is 0 Å². The smallest absolute Gasteiger partial charge is 0.265 e. The predicted molar refractivity (Wildman–Crippen MR) is 57.8 cm³/mol. The Labute approximate surface area is 90.8 Å². The van der Waals surface area contributed by atoms with Gasteiger partial charge in [-0.15, -0.1) is 11.3 Å². The van der Waals surface area contributed by atoms with Crippen molar-refractivity contribution in [2.24, 2.45) is 0 Å². The molecule has 0 atom stereocenters. The minimum absolute atomic E-state index is 0.254. The molecule has 0 unspecified atom stereocenters.